The van der Waals surface area contributed by atoms with Crippen LogP contribution in [0, 0.1) is 17.2 Å². The molecular formula is C21H23N5O. The number of hydrogen-bond acceptors (Lipinski definition) is 4. The Hall–Kier alpha value is -3.07. The number of carbonyl (C=O) groups is 1. The van der Waals surface area contributed by atoms with Crippen LogP contribution >= 0.6 is 0 Å². The molecule has 2 aromatic heterocycles. The van der Waals surface area contributed by atoms with Crippen LogP contribution in [0.25, 0.3) is 16.7 Å². The standard InChI is InChI=1S/C21H23N5O/c1-3-14-10-19(25-12-15(20(23)27)9-8-13(25)2)26-18-7-5-4-6-17(18)24-21(26)16(14)11-22/h4-7,10,13,15H,3,8-9,12H2,1-2H3,(H2,23,27)/t13-,15+/m0/s1. The lowest BCUT2D eigenvalue weighted by Gasteiger charge is -2.39. The van der Waals surface area contributed by atoms with E-state index in [-0.39, 0.29) is 17.9 Å². The van der Waals surface area contributed by atoms with Crippen molar-refractivity contribution in [1.82, 2.24) is 9.38 Å². The van der Waals surface area contributed by atoms with E-state index in [1.807, 2.05) is 31.2 Å². The average Bonchev–Trinajstić information content (AvgIpc) is 3.06. The van der Waals surface area contributed by atoms with Crippen LogP contribution in [0.5, 0.6) is 0 Å². The first-order valence-electron chi connectivity index (χ1n) is 9.44. The number of primary amides is 1. The largest absolute Gasteiger partial charge is 0.369 e. The molecule has 0 saturated carbocycles. The highest BCUT2D eigenvalue weighted by atomic mass is 16.1. The third kappa shape index (κ3) is 2.71. The summed E-state index contributed by atoms with van der Waals surface area (Å²) in [5.41, 5.74) is 9.72. The summed E-state index contributed by atoms with van der Waals surface area (Å²) >= 11 is 0. The second kappa shape index (κ2) is 6.58. The van der Waals surface area contributed by atoms with E-state index in [4.69, 9.17) is 10.7 Å². The zero-order chi connectivity index (χ0) is 19.1. The van der Waals surface area contributed by atoms with Crippen molar-refractivity contribution < 1.29 is 4.79 Å². The molecule has 6 heteroatoms. The monoisotopic (exact) mass is 361 g/mol. The van der Waals surface area contributed by atoms with Crippen LogP contribution in [0.15, 0.2) is 30.3 Å². The smallest absolute Gasteiger partial charge is 0.222 e. The molecule has 2 N–H and O–H groups in total. The van der Waals surface area contributed by atoms with Crippen molar-refractivity contribution >= 4 is 28.4 Å². The Morgan fingerprint density at radius 1 is 1.37 bits per heavy atom. The van der Waals surface area contributed by atoms with Crippen LogP contribution in [-0.2, 0) is 11.2 Å². The fourth-order valence-corrected chi connectivity index (χ4v) is 4.13. The van der Waals surface area contributed by atoms with Gasteiger partial charge >= 0.3 is 0 Å². The van der Waals surface area contributed by atoms with Crippen LogP contribution in [0.2, 0.25) is 0 Å². The first-order chi connectivity index (χ1) is 13.0. The third-order valence-corrected chi connectivity index (χ3v) is 5.71. The highest BCUT2D eigenvalue weighted by molar-refractivity contribution is 5.85. The van der Waals surface area contributed by atoms with Gasteiger partial charge in [-0.1, -0.05) is 19.1 Å². The third-order valence-electron chi connectivity index (χ3n) is 5.71. The van der Waals surface area contributed by atoms with Crippen molar-refractivity contribution in [3.63, 3.8) is 0 Å². The number of nitrogens with two attached hydrogens (primary N) is 1. The van der Waals surface area contributed by atoms with Gasteiger partial charge in [0.05, 0.1) is 22.5 Å². The Morgan fingerprint density at radius 2 is 2.15 bits per heavy atom. The minimum atomic E-state index is -0.247. The molecule has 4 rings (SSSR count). The molecule has 1 saturated heterocycles. The first kappa shape index (κ1) is 17.3. The molecule has 138 valence electrons. The number of benzene rings is 1. The van der Waals surface area contributed by atoms with Gasteiger partial charge in [-0.05, 0) is 49.9 Å². The molecule has 3 heterocycles. The van der Waals surface area contributed by atoms with Crippen LogP contribution in [-0.4, -0.2) is 27.9 Å². The lowest BCUT2D eigenvalue weighted by Crippen LogP contribution is -2.46. The van der Waals surface area contributed by atoms with Crippen molar-refractivity contribution in [2.24, 2.45) is 11.7 Å². The Bertz CT molecular complexity index is 1080. The Labute approximate surface area is 158 Å². The quantitative estimate of drug-likeness (QED) is 0.777. The maximum Gasteiger partial charge on any atom is 0.222 e. The Kier molecular flexibility index (Phi) is 4.23. The molecule has 0 radical (unpaired) electrons. The molecule has 1 fully saturated rings. The Morgan fingerprint density at radius 3 is 2.85 bits per heavy atom. The number of aryl methyl sites for hydroxylation is 1. The van der Waals surface area contributed by atoms with Crippen molar-refractivity contribution in [3.8, 4) is 6.07 Å². The molecule has 2 atom stereocenters. The van der Waals surface area contributed by atoms with Gasteiger partial charge in [0.15, 0.2) is 5.65 Å². The summed E-state index contributed by atoms with van der Waals surface area (Å²) in [7, 11) is 0. The molecule has 1 aliphatic heterocycles. The molecule has 1 amide bonds. The molecular weight excluding hydrogens is 338 g/mol. The SMILES string of the molecule is CCc1cc(N2C[C@H](C(N)=O)CC[C@@H]2C)n2c(nc3ccccc32)c1C#N. The molecule has 6 nitrogen and oxygen atoms in total. The second-order valence-corrected chi connectivity index (χ2v) is 7.31. The van der Waals surface area contributed by atoms with Gasteiger partial charge in [0.25, 0.3) is 0 Å². The van der Waals surface area contributed by atoms with Crippen molar-refractivity contribution in [2.45, 2.75) is 39.2 Å². The zero-order valence-electron chi connectivity index (χ0n) is 15.6. The van der Waals surface area contributed by atoms with Gasteiger partial charge in [-0.2, -0.15) is 5.26 Å². The van der Waals surface area contributed by atoms with E-state index >= 15 is 0 Å². The van der Waals surface area contributed by atoms with Crippen molar-refractivity contribution in [2.75, 3.05) is 11.4 Å². The number of anilines is 1. The summed E-state index contributed by atoms with van der Waals surface area (Å²) in [4.78, 5) is 18.8. The number of nitrogens with zero attached hydrogens (tertiary/aromatic N) is 4. The molecule has 0 aliphatic carbocycles. The van der Waals surface area contributed by atoms with Gasteiger partial charge in [0, 0.05) is 12.6 Å². The topological polar surface area (TPSA) is 87.4 Å². The average molecular weight is 361 g/mol. The number of fused-ring (bicyclic) bond motifs is 3. The van der Waals surface area contributed by atoms with E-state index in [9.17, 15) is 10.1 Å². The lowest BCUT2D eigenvalue weighted by molar-refractivity contribution is -0.122. The number of carbonyl (C=O) groups excluding carboxylic acids is 1. The minimum absolute atomic E-state index is 0.160. The van der Waals surface area contributed by atoms with Crippen LogP contribution < -0.4 is 10.6 Å². The van der Waals surface area contributed by atoms with Gasteiger partial charge in [-0.15, -0.1) is 0 Å². The number of rotatable bonds is 3. The first-order valence-corrected chi connectivity index (χ1v) is 9.44. The summed E-state index contributed by atoms with van der Waals surface area (Å²) in [6.45, 7) is 4.81. The van der Waals surface area contributed by atoms with Crippen LogP contribution in [0.4, 0.5) is 5.82 Å². The van der Waals surface area contributed by atoms with Gasteiger partial charge in [-0.25, -0.2) is 4.98 Å². The van der Waals surface area contributed by atoms with E-state index in [2.05, 4.69) is 28.4 Å². The van der Waals surface area contributed by atoms with Gasteiger partial charge in [-0.3, -0.25) is 9.20 Å². The van der Waals surface area contributed by atoms with Crippen LogP contribution in [0.3, 0.4) is 0 Å². The minimum Gasteiger partial charge on any atom is -0.369 e. The number of hydrogen-bond donors (Lipinski definition) is 1. The molecule has 0 spiro atoms. The fourth-order valence-electron chi connectivity index (χ4n) is 4.13. The molecule has 0 unspecified atom stereocenters. The predicted molar refractivity (Wildman–Crippen MR) is 106 cm³/mol. The summed E-state index contributed by atoms with van der Waals surface area (Å²) < 4.78 is 2.06. The normalized spacial score (nSPS) is 20.1. The number of amides is 1. The highest BCUT2D eigenvalue weighted by Gasteiger charge is 2.31. The van der Waals surface area contributed by atoms with E-state index in [1.54, 1.807) is 0 Å². The molecule has 1 aromatic carbocycles. The summed E-state index contributed by atoms with van der Waals surface area (Å²) in [5.74, 6) is 0.572. The van der Waals surface area contributed by atoms with Gasteiger partial charge in [0.1, 0.15) is 11.9 Å². The number of piperidine rings is 1. The van der Waals surface area contributed by atoms with Gasteiger partial charge < -0.3 is 10.6 Å². The molecule has 0 bridgehead atoms. The second-order valence-electron chi connectivity index (χ2n) is 7.31. The summed E-state index contributed by atoms with van der Waals surface area (Å²) in [6, 6.07) is 12.6. The summed E-state index contributed by atoms with van der Waals surface area (Å²) in [5, 5.41) is 9.76. The van der Waals surface area contributed by atoms with Crippen LogP contribution in [0.1, 0.15) is 37.8 Å². The maximum absolute atomic E-state index is 11.8. The van der Waals surface area contributed by atoms with E-state index in [1.165, 1.54) is 0 Å². The summed E-state index contributed by atoms with van der Waals surface area (Å²) in [6.07, 6.45) is 2.47. The number of aromatic nitrogens is 2. The van der Waals surface area contributed by atoms with Crippen molar-refractivity contribution in [3.05, 3.63) is 41.5 Å². The van der Waals surface area contributed by atoms with E-state index in [0.717, 1.165) is 41.7 Å². The fraction of sp³-hybridized carbons (Fsp3) is 0.381. The number of imidazole rings is 1. The van der Waals surface area contributed by atoms with Crippen molar-refractivity contribution in [1.29, 1.82) is 5.26 Å². The maximum atomic E-state index is 11.8. The van der Waals surface area contributed by atoms with E-state index < -0.39 is 0 Å². The van der Waals surface area contributed by atoms with Gasteiger partial charge in [0.2, 0.25) is 5.91 Å². The molecule has 1 aliphatic rings. The highest BCUT2D eigenvalue weighted by Crippen LogP contribution is 2.33. The lowest BCUT2D eigenvalue weighted by atomic mass is 9.92. The molecule has 27 heavy (non-hydrogen) atoms. The number of para-hydroxylation sites is 2. The predicted octanol–water partition coefficient (Wildman–Crippen LogP) is 3.01. The zero-order valence-corrected chi connectivity index (χ0v) is 15.6. The van der Waals surface area contributed by atoms with E-state index in [0.29, 0.717) is 17.8 Å². The number of nitriles is 1. The number of pyridine rings is 1. The molecule has 3 aromatic rings. The Balaban J connectivity index is 2.02.